The molecule has 3 N–H and O–H groups in total. The van der Waals surface area contributed by atoms with Crippen molar-refractivity contribution in [2.45, 2.75) is 45.2 Å². The second-order valence-electron chi connectivity index (χ2n) is 8.72. The molecular formula is C24H36N4O6. The van der Waals surface area contributed by atoms with E-state index >= 15 is 0 Å². The third-order valence-electron chi connectivity index (χ3n) is 5.37. The van der Waals surface area contributed by atoms with E-state index in [0.29, 0.717) is 31.7 Å². The molecule has 10 nitrogen and oxygen atoms in total. The van der Waals surface area contributed by atoms with Gasteiger partial charge in [0, 0.05) is 27.3 Å². The second-order valence-corrected chi connectivity index (χ2v) is 8.72. The van der Waals surface area contributed by atoms with Gasteiger partial charge in [0.05, 0.1) is 18.5 Å². The lowest BCUT2D eigenvalue weighted by molar-refractivity contribution is -0.136. The Hall–Kier alpha value is -3.14. The number of fused-ring (bicyclic) bond motifs is 1. The van der Waals surface area contributed by atoms with Crippen LogP contribution < -0.4 is 20.7 Å². The maximum Gasteiger partial charge on any atom is 0.255 e. The quantitative estimate of drug-likeness (QED) is 0.498. The number of methoxy groups -OCH3 is 1. The number of carbonyl (C=O) groups excluding carboxylic acids is 4. The third-order valence-corrected chi connectivity index (χ3v) is 5.37. The average molecular weight is 477 g/mol. The number of nitrogens with zero attached hydrogens (tertiary/aromatic N) is 1. The molecule has 1 aliphatic rings. The van der Waals surface area contributed by atoms with E-state index in [9.17, 15) is 19.2 Å². The zero-order valence-corrected chi connectivity index (χ0v) is 20.4. The van der Waals surface area contributed by atoms with Gasteiger partial charge in [0.25, 0.3) is 5.91 Å². The molecule has 2 atom stereocenters. The van der Waals surface area contributed by atoms with Gasteiger partial charge in [0.1, 0.15) is 24.4 Å². The molecule has 0 radical (unpaired) electrons. The van der Waals surface area contributed by atoms with Crippen molar-refractivity contribution in [2.24, 2.45) is 5.92 Å². The van der Waals surface area contributed by atoms with Crippen LogP contribution in [-0.4, -0.2) is 81.1 Å². The van der Waals surface area contributed by atoms with Crippen molar-refractivity contribution in [1.82, 2.24) is 20.9 Å². The lowest BCUT2D eigenvalue weighted by atomic mass is 10.0. The summed E-state index contributed by atoms with van der Waals surface area (Å²) >= 11 is 0. The fourth-order valence-corrected chi connectivity index (χ4v) is 3.58. The van der Waals surface area contributed by atoms with Crippen molar-refractivity contribution in [3.63, 3.8) is 0 Å². The first-order chi connectivity index (χ1) is 16.2. The van der Waals surface area contributed by atoms with Crippen LogP contribution in [0.2, 0.25) is 0 Å². The maximum atomic E-state index is 13.0. The monoisotopic (exact) mass is 476 g/mol. The van der Waals surface area contributed by atoms with Crippen LogP contribution in [0.1, 0.15) is 43.5 Å². The molecule has 0 fully saturated rings. The van der Waals surface area contributed by atoms with E-state index in [1.165, 1.54) is 4.90 Å². The predicted octanol–water partition coefficient (Wildman–Crippen LogP) is 0.710. The number of hydrogen-bond donors (Lipinski definition) is 3. The van der Waals surface area contributed by atoms with Gasteiger partial charge in [-0.25, -0.2) is 0 Å². The van der Waals surface area contributed by atoms with Crippen molar-refractivity contribution < 1.29 is 28.7 Å². The number of rotatable bonds is 7. The Morgan fingerprint density at radius 3 is 2.68 bits per heavy atom. The zero-order chi connectivity index (χ0) is 25.1. The van der Waals surface area contributed by atoms with Gasteiger partial charge < -0.3 is 30.3 Å². The molecule has 0 aliphatic carbocycles. The summed E-state index contributed by atoms with van der Waals surface area (Å²) in [4.78, 5) is 53.2. The molecule has 10 heteroatoms. The van der Waals surface area contributed by atoms with Gasteiger partial charge in [-0.15, -0.1) is 0 Å². The number of likely N-dealkylation sites (N-methyl/N-ethyl adjacent to an activating group) is 1. The van der Waals surface area contributed by atoms with E-state index in [2.05, 4.69) is 16.0 Å². The summed E-state index contributed by atoms with van der Waals surface area (Å²) in [6.07, 6.45) is 0.721. The topological polar surface area (TPSA) is 126 Å². The summed E-state index contributed by atoms with van der Waals surface area (Å²) < 4.78 is 10.8. The van der Waals surface area contributed by atoms with Gasteiger partial charge in [-0.2, -0.15) is 0 Å². The maximum absolute atomic E-state index is 13.0. The van der Waals surface area contributed by atoms with Gasteiger partial charge in [0.2, 0.25) is 17.7 Å². The third kappa shape index (κ3) is 8.33. The summed E-state index contributed by atoms with van der Waals surface area (Å²) in [5.74, 6) is -1.26. The van der Waals surface area contributed by atoms with Crippen LogP contribution >= 0.6 is 0 Å². The second kappa shape index (κ2) is 13.5. The number of hydrogen-bond acceptors (Lipinski definition) is 6. The molecule has 0 unspecified atom stereocenters. The van der Waals surface area contributed by atoms with Crippen LogP contribution in [-0.2, 0) is 19.1 Å². The Morgan fingerprint density at radius 1 is 1.24 bits per heavy atom. The van der Waals surface area contributed by atoms with E-state index in [0.717, 1.165) is 0 Å². The van der Waals surface area contributed by atoms with Gasteiger partial charge in [-0.3, -0.25) is 19.2 Å². The zero-order valence-electron chi connectivity index (χ0n) is 20.4. The molecule has 34 heavy (non-hydrogen) atoms. The minimum absolute atomic E-state index is 0.157. The Labute approximate surface area is 200 Å². The number of amides is 4. The molecule has 188 valence electrons. The fourth-order valence-electron chi connectivity index (χ4n) is 3.58. The summed E-state index contributed by atoms with van der Waals surface area (Å²) in [5.41, 5.74) is 0.240. The molecule has 1 heterocycles. The van der Waals surface area contributed by atoms with Crippen molar-refractivity contribution in [2.75, 3.05) is 40.5 Å². The molecule has 1 aromatic rings. The van der Waals surface area contributed by atoms with Crippen molar-refractivity contribution in [3.8, 4) is 5.75 Å². The molecule has 0 saturated carbocycles. The minimum atomic E-state index is -1.13. The minimum Gasteiger partial charge on any atom is -0.491 e. The molecule has 4 amide bonds. The lowest BCUT2D eigenvalue weighted by Gasteiger charge is -2.27. The first-order valence-corrected chi connectivity index (χ1v) is 11.6. The fraction of sp³-hybridized carbons (Fsp3) is 0.583. The number of benzene rings is 1. The van der Waals surface area contributed by atoms with Gasteiger partial charge in [-0.05, 0) is 30.9 Å². The van der Waals surface area contributed by atoms with Crippen molar-refractivity contribution >= 4 is 23.6 Å². The average Bonchev–Trinajstić information content (AvgIpc) is 2.79. The molecule has 0 spiro atoms. The molecule has 0 saturated heterocycles. The van der Waals surface area contributed by atoms with E-state index in [1.807, 2.05) is 13.8 Å². The van der Waals surface area contributed by atoms with Crippen LogP contribution in [0, 0.1) is 5.92 Å². The standard InChI is InChI=1S/C24H36N4O6/c1-16(2)14-19-24(32)28(3)11-13-34-20-9-6-5-8-17(20)22(30)27-18(15-21(29)26-19)23(31)25-10-7-12-33-4/h5-6,8-9,16,18-19H,7,10-15H2,1-4H3,(H,25,31)(H,26,29)(H,27,30)/t18-,19-/m0/s1. The molecule has 1 aliphatic heterocycles. The normalized spacial score (nSPS) is 20.0. The summed E-state index contributed by atoms with van der Waals surface area (Å²) in [6, 6.07) is 4.78. The number of nitrogens with one attached hydrogen (secondary N) is 3. The van der Waals surface area contributed by atoms with E-state index in [-0.39, 0.29) is 37.0 Å². The Balaban J connectivity index is 2.31. The van der Waals surface area contributed by atoms with Gasteiger partial charge in [0.15, 0.2) is 0 Å². The predicted molar refractivity (Wildman–Crippen MR) is 126 cm³/mol. The Bertz CT molecular complexity index is 860. The van der Waals surface area contributed by atoms with Crippen LogP contribution in [0.15, 0.2) is 24.3 Å². The van der Waals surface area contributed by atoms with Crippen molar-refractivity contribution in [1.29, 1.82) is 0 Å². The first kappa shape index (κ1) is 27.1. The van der Waals surface area contributed by atoms with Gasteiger partial charge >= 0.3 is 0 Å². The molecule has 0 aromatic heterocycles. The lowest BCUT2D eigenvalue weighted by Crippen LogP contribution is -2.53. The highest BCUT2D eigenvalue weighted by molar-refractivity contribution is 6.01. The summed E-state index contributed by atoms with van der Waals surface area (Å²) in [7, 11) is 3.21. The number of para-hydroxylation sites is 1. The van der Waals surface area contributed by atoms with Crippen molar-refractivity contribution in [3.05, 3.63) is 29.8 Å². The highest BCUT2D eigenvalue weighted by Crippen LogP contribution is 2.19. The summed E-state index contributed by atoms with van der Waals surface area (Å²) in [6.45, 7) is 5.17. The van der Waals surface area contributed by atoms with Crippen LogP contribution in [0.25, 0.3) is 0 Å². The Morgan fingerprint density at radius 2 is 1.97 bits per heavy atom. The molecule has 0 bridgehead atoms. The molecular weight excluding hydrogens is 440 g/mol. The first-order valence-electron chi connectivity index (χ1n) is 11.6. The van der Waals surface area contributed by atoms with Crippen LogP contribution in [0.5, 0.6) is 5.75 Å². The molecule has 2 rings (SSSR count). The Kier molecular flexibility index (Phi) is 10.8. The largest absolute Gasteiger partial charge is 0.491 e. The summed E-state index contributed by atoms with van der Waals surface area (Å²) in [5, 5.41) is 8.14. The van der Waals surface area contributed by atoms with E-state index in [1.54, 1.807) is 38.4 Å². The smallest absolute Gasteiger partial charge is 0.255 e. The van der Waals surface area contributed by atoms with Crippen LogP contribution in [0.4, 0.5) is 0 Å². The molecule has 1 aromatic carbocycles. The van der Waals surface area contributed by atoms with Crippen LogP contribution in [0.3, 0.4) is 0 Å². The van der Waals surface area contributed by atoms with E-state index < -0.39 is 29.8 Å². The van der Waals surface area contributed by atoms with E-state index in [4.69, 9.17) is 9.47 Å². The highest BCUT2D eigenvalue weighted by atomic mass is 16.5. The number of carbonyl (C=O) groups is 4. The number of ether oxygens (including phenoxy) is 2. The SMILES string of the molecule is COCCCNC(=O)[C@@H]1CC(=O)N[C@@H](CC(C)C)C(=O)N(C)CCOc2ccccc2C(=O)N1. The van der Waals surface area contributed by atoms with Gasteiger partial charge in [-0.1, -0.05) is 26.0 Å². The highest BCUT2D eigenvalue weighted by Gasteiger charge is 2.30.